The van der Waals surface area contributed by atoms with Gasteiger partial charge in [0.25, 0.3) is 0 Å². The first-order chi connectivity index (χ1) is 8.28. The Bertz CT molecular complexity index is 352. The van der Waals surface area contributed by atoms with Gasteiger partial charge in [0.1, 0.15) is 5.75 Å². The van der Waals surface area contributed by atoms with E-state index >= 15 is 0 Å². The van der Waals surface area contributed by atoms with E-state index in [1.54, 1.807) is 6.07 Å². The van der Waals surface area contributed by atoms with Crippen LogP contribution in [0.2, 0.25) is 0 Å². The van der Waals surface area contributed by atoms with Gasteiger partial charge in [-0.15, -0.1) is 0 Å². The summed E-state index contributed by atoms with van der Waals surface area (Å²) in [5.41, 5.74) is 1.20. The molecule has 1 aromatic carbocycles. The molecule has 0 aromatic heterocycles. The maximum absolute atomic E-state index is 9.45. The molecule has 0 aliphatic carbocycles. The van der Waals surface area contributed by atoms with Crippen LogP contribution in [-0.4, -0.2) is 35.7 Å². The van der Waals surface area contributed by atoms with Crippen molar-refractivity contribution in [3.63, 3.8) is 0 Å². The van der Waals surface area contributed by atoms with Crippen molar-refractivity contribution in [2.75, 3.05) is 19.6 Å². The van der Waals surface area contributed by atoms with Crippen molar-refractivity contribution < 1.29 is 5.11 Å². The number of phenolic OH excluding ortho intramolecular Hbond substituents is 1. The van der Waals surface area contributed by atoms with Crippen LogP contribution >= 0.6 is 0 Å². The lowest BCUT2D eigenvalue weighted by atomic mass is 10.1. The molecule has 2 N–H and O–H groups in total. The van der Waals surface area contributed by atoms with Gasteiger partial charge in [-0.1, -0.05) is 25.5 Å². The highest BCUT2D eigenvalue weighted by molar-refractivity contribution is 5.27. The predicted octanol–water partition coefficient (Wildman–Crippen LogP) is 1.97. The Morgan fingerprint density at radius 3 is 3.12 bits per heavy atom. The second-order valence-corrected chi connectivity index (χ2v) is 4.84. The summed E-state index contributed by atoms with van der Waals surface area (Å²) in [5, 5.41) is 13.0. The summed E-state index contributed by atoms with van der Waals surface area (Å²) in [4.78, 5) is 2.46. The summed E-state index contributed by atoms with van der Waals surface area (Å²) in [6, 6.07) is 8.20. The van der Waals surface area contributed by atoms with Gasteiger partial charge in [-0.3, -0.25) is 4.90 Å². The van der Waals surface area contributed by atoms with Crippen molar-refractivity contribution >= 4 is 0 Å². The highest BCUT2D eigenvalue weighted by atomic mass is 16.3. The number of hydrogen-bond acceptors (Lipinski definition) is 3. The van der Waals surface area contributed by atoms with Crippen LogP contribution in [0.15, 0.2) is 24.3 Å². The smallest absolute Gasteiger partial charge is 0.115 e. The molecule has 0 radical (unpaired) electrons. The SMILES string of the molecule is CCCC1CN(Cc2cccc(O)c2)CCN1. The first kappa shape index (κ1) is 12.4. The Morgan fingerprint density at radius 1 is 1.47 bits per heavy atom. The van der Waals surface area contributed by atoms with Gasteiger partial charge in [-0.05, 0) is 24.1 Å². The van der Waals surface area contributed by atoms with Crippen LogP contribution in [0.1, 0.15) is 25.3 Å². The van der Waals surface area contributed by atoms with Gasteiger partial charge in [0, 0.05) is 32.2 Å². The number of rotatable bonds is 4. The number of nitrogens with zero attached hydrogens (tertiary/aromatic N) is 1. The van der Waals surface area contributed by atoms with E-state index in [2.05, 4.69) is 23.2 Å². The summed E-state index contributed by atoms with van der Waals surface area (Å²) in [6.07, 6.45) is 2.48. The fourth-order valence-corrected chi connectivity index (χ4v) is 2.49. The number of aromatic hydroxyl groups is 1. The molecule has 1 saturated heterocycles. The molecule has 0 bridgehead atoms. The fraction of sp³-hybridized carbons (Fsp3) is 0.571. The Kier molecular flexibility index (Phi) is 4.40. The number of phenols is 1. The van der Waals surface area contributed by atoms with E-state index in [0.29, 0.717) is 11.8 Å². The topological polar surface area (TPSA) is 35.5 Å². The molecule has 2 rings (SSSR count). The summed E-state index contributed by atoms with van der Waals surface area (Å²) in [7, 11) is 0. The van der Waals surface area contributed by atoms with Crippen LogP contribution in [0.4, 0.5) is 0 Å². The van der Waals surface area contributed by atoms with Crippen LogP contribution in [0, 0.1) is 0 Å². The molecule has 1 unspecified atom stereocenters. The second-order valence-electron chi connectivity index (χ2n) is 4.84. The third-order valence-electron chi connectivity index (χ3n) is 3.29. The average Bonchev–Trinajstić information content (AvgIpc) is 2.30. The molecule has 0 saturated carbocycles. The van der Waals surface area contributed by atoms with E-state index in [4.69, 9.17) is 0 Å². The first-order valence-corrected chi connectivity index (χ1v) is 6.51. The number of nitrogens with one attached hydrogen (secondary N) is 1. The Balaban J connectivity index is 1.90. The van der Waals surface area contributed by atoms with Crippen molar-refractivity contribution in [3.8, 4) is 5.75 Å². The van der Waals surface area contributed by atoms with E-state index in [-0.39, 0.29) is 0 Å². The number of benzene rings is 1. The predicted molar refractivity (Wildman–Crippen MR) is 70.1 cm³/mol. The van der Waals surface area contributed by atoms with E-state index in [1.807, 2.05) is 12.1 Å². The number of piperazine rings is 1. The summed E-state index contributed by atoms with van der Waals surface area (Å²) >= 11 is 0. The van der Waals surface area contributed by atoms with Gasteiger partial charge in [-0.25, -0.2) is 0 Å². The molecular formula is C14H22N2O. The van der Waals surface area contributed by atoms with Gasteiger partial charge in [0.15, 0.2) is 0 Å². The zero-order chi connectivity index (χ0) is 12.1. The average molecular weight is 234 g/mol. The van der Waals surface area contributed by atoms with E-state index in [9.17, 15) is 5.11 Å². The molecule has 17 heavy (non-hydrogen) atoms. The molecule has 94 valence electrons. The van der Waals surface area contributed by atoms with Gasteiger partial charge in [-0.2, -0.15) is 0 Å². The van der Waals surface area contributed by atoms with Crippen LogP contribution in [0.3, 0.4) is 0 Å². The van der Waals surface area contributed by atoms with Gasteiger partial charge in [0.2, 0.25) is 0 Å². The molecule has 3 heteroatoms. The Labute approximate surface area is 103 Å². The van der Waals surface area contributed by atoms with Gasteiger partial charge < -0.3 is 10.4 Å². The molecule has 3 nitrogen and oxygen atoms in total. The van der Waals surface area contributed by atoms with E-state index in [1.165, 1.54) is 18.4 Å². The van der Waals surface area contributed by atoms with Crippen molar-refractivity contribution in [2.24, 2.45) is 0 Å². The van der Waals surface area contributed by atoms with Gasteiger partial charge >= 0.3 is 0 Å². The Hall–Kier alpha value is -1.06. The lowest BCUT2D eigenvalue weighted by Gasteiger charge is -2.33. The van der Waals surface area contributed by atoms with Crippen LogP contribution in [0.5, 0.6) is 5.75 Å². The van der Waals surface area contributed by atoms with E-state index < -0.39 is 0 Å². The minimum absolute atomic E-state index is 0.364. The highest BCUT2D eigenvalue weighted by Crippen LogP contribution is 2.14. The molecular weight excluding hydrogens is 212 g/mol. The molecule has 1 aliphatic heterocycles. The maximum Gasteiger partial charge on any atom is 0.115 e. The Morgan fingerprint density at radius 2 is 2.35 bits per heavy atom. The second kappa shape index (κ2) is 6.03. The molecule has 1 aliphatic rings. The standard InChI is InChI=1S/C14H22N2O/c1-2-4-13-11-16(8-7-15-13)10-12-5-3-6-14(17)9-12/h3,5-6,9,13,15,17H,2,4,7-8,10-11H2,1H3. The lowest BCUT2D eigenvalue weighted by Crippen LogP contribution is -2.50. The zero-order valence-corrected chi connectivity index (χ0v) is 10.5. The molecule has 1 aromatic rings. The molecule has 1 fully saturated rings. The van der Waals surface area contributed by atoms with Gasteiger partial charge in [0.05, 0.1) is 0 Å². The first-order valence-electron chi connectivity index (χ1n) is 6.51. The van der Waals surface area contributed by atoms with Crippen molar-refractivity contribution in [1.29, 1.82) is 0 Å². The maximum atomic E-state index is 9.45. The minimum Gasteiger partial charge on any atom is -0.508 e. The number of hydrogen-bond donors (Lipinski definition) is 2. The summed E-state index contributed by atoms with van der Waals surface area (Å²) < 4.78 is 0. The van der Waals surface area contributed by atoms with Crippen LogP contribution < -0.4 is 5.32 Å². The molecule has 0 amide bonds. The lowest BCUT2D eigenvalue weighted by molar-refractivity contribution is 0.187. The monoisotopic (exact) mass is 234 g/mol. The minimum atomic E-state index is 0.364. The molecule has 0 spiro atoms. The third kappa shape index (κ3) is 3.72. The fourth-order valence-electron chi connectivity index (χ4n) is 2.49. The highest BCUT2D eigenvalue weighted by Gasteiger charge is 2.18. The van der Waals surface area contributed by atoms with Crippen molar-refractivity contribution in [3.05, 3.63) is 29.8 Å². The summed E-state index contributed by atoms with van der Waals surface area (Å²) in [6.45, 7) is 6.45. The molecule has 1 atom stereocenters. The van der Waals surface area contributed by atoms with Crippen LogP contribution in [-0.2, 0) is 6.54 Å². The van der Waals surface area contributed by atoms with Crippen molar-refractivity contribution in [2.45, 2.75) is 32.4 Å². The zero-order valence-electron chi connectivity index (χ0n) is 10.5. The largest absolute Gasteiger partial charge is 0.508 e. The van der Waals surface area contributed by atoms with Crippen LogP contribution in [0.25, 0.3) is 0 Å². The van der Waals surface area contributed by atoms with Crippen molar-refractivity contribution in [1.82, 2.24) is 10.2 Å². The quantitative estimate of drug-likeness (QED) is 0.836. The van der Waals surface area contributed by atoms with E-state index in [0.717, 1.165) is 26.2 Å². The third-order valence-corrected chi connectivity index (χ3v) is 3.29. The molecule has 1 heterocycles. The summed E-state index contributed by atoms with van der Waals surface area (Å²) in [5.74, 6) is 0.364. The normalized spacial score (nSPS) is 21.6.